The van der Waals surface area contributed by atoms with Crippen LogP contribution < -0.4 is 0 Å². The van der Waals surface area contributed by atoms with E-state index >= 15 is 0 Å². The minimum Gasteiger partial charge on any atom is -0.338 e. The molecule has 1 atom stereocenters. The van der Waals surface area contributed by atoms with Gasteiger partial charge in [-0.15, -0.1) is 10.2 Å². The highest BCUT2D eigenvalue weighted by Crippen LogP contribution is 2.29. The van der Waals surface area contributed by atoms with Gasteiger partial charge in [0, 0.05) is 17.1 Å². The van der Waals surface area contributed by atoms with Crippen LogP contribution in [0.5, 0.6) is 0 Å². The number of benzene rings is 1. The first-order valence-corrected chi connectivity index (χ1v) is 11.0. The van der Waals surface area contributed by atoms with Gasteiger partial charge in [-0.25, -0.2) is 0 Å². The van der Waals surface area contributed by atoms with Gasteiger partial charge < -0.3 is 4.52 Å². The largest absolute Gasteiger partial charge is 0.338 e. The molecule has 2 heterocycles. The van der Waals surface area contributed by atoms with Gasteiger partial charge in [0.25, 0.3) is 0 Å². The van der Waals surface area contributed by atoms with E-state index in [1.807, 2.05) is 38.4 Å². The molecule has 9 heteroatoms. The number of aryl methyl sites for hydroxylation is 1. The lowest BCUT2D eigenvalue weighted by molar-refractivity contribution is 0.305. The number of thioether (sulfide) groups is 1. The van der Waals surface area contributed by atoms with Crippen molar-refractivity contribution in [2.24, 2.45) is 5.92 Å². The molecule has 0 N–H and O–H groups in total. The normalized spacial score (nSPS) is 12.8. The van der Waals surface area contributed by atoms with Gasteiger partial charge in [0.2, 0.25) is 5.89 Å². The third-order valence-electron chi connectivity index (χ3n) is 4.67. The Labute approximate surface area is 180 Å². The first kappa shape index (κ1) is 21.8. The van der Waals surface area contributed by atoms with Crippen LogP contribution in [0.2, 0.25) is 5.02 Å². The molecule has 2 aromatic heterocycles. The number of nitrogens with zero attached hydrogens (tertiary/aromatic N) is 6. The fraction of sp³-hybridized carbons (Fsp3) is 0.500. The average Bonchev–Trinajstić information content (AvgIpc) is 3.31. The van der Waals surface area contributed by atoms with Crippen molar-refractivity contribution in [3.05, 3.63) is 46.8 Å². The van der Waals surface area contributed by atoms with E-state index in [9.17, 15) is 0 Å². The molecule has 0 fully saturated rings. The topological polar surface area (TPSA) is 72.9 Å². The molecule has 0 amide bonds. The first-order valence-electron chi connectivity index (χ1n) is 9.67. The van der Waals surface area contributed by atoms with Crippen LogP contribution in [0, 0.1) is 5.92 Å². The number of aromatic nitrogens is 5. The van der Waals surface area contributed by atoms with Crippen molar-refractivity contribution in [3.63, 3.8) is 0 Å². The summed E-state index contributed by atoms with van der Waals surface area (Å²) in [6, 6.07) is 7.78. The maximum atomic E-state index is 6.07. The Hall–Kier alpha value is -1.90. The summed E-state index contributed by atoms with van der Waals surface area (Å²) in [7, 11) is 4.05. The van der Waals surface area contributed by atoms with Gasteiger partial charge in [0.15, 0.2) is 16.8 Å². The molecule has 3 aromatic rings. The molecular weight excluding hydrogens is 408 g/mol. The summed E-state index contributed by atoms with van der Waals surface area (Å²) in [4.78, 5) is 6.60. The minimum absolute atomic E-state index is 0.0959. The molecule has 0 saturated carbocycles. The van der Waals surface area contributed by atoms with Crippen molar-refractivity contribution >= 4 is 23.4 Å². The highest BCUT2D eigenvalue weighted by Gasteiger charge is 2.21. The third-order valence-corrected chi connectivity index (χ3v) is 5.84. The molecule has 0 radical (unpaired) electrons. The fourth-order valence-electron chi connectivity index (χ4n) is 2.70. The molecule has 7 nitrogen and oxygen atoms in total. The second-order valence-electron chi connectivity index (χ2n) is 7.62. The standard InChI is InChI=1S/C20H27ClN6OS/c1-13(2)6-11-17-22-18(28-25-17)12-29-20-24-23-19(14(3)26(4)5)27(20)16-9-7-15(21)8-10-16/h7-10,13-14H,6,11-12H2,1-5H3. The van der Waals surface area contributed by atoms with Gasteiger partial charge in [0.1, 0.15) is 0 Å². The number of halogens is 1. The summed E-state index contributed by atoms with van der Waals surface area (Å²) in [5.41, 5.74) is 0.966. The van der Waals surface area contributed by atoms with Crippen LogP contribution in [0.15, 0.2) is 33.9 Å². The van der Waals surface area contributed by atoms with Crippen molar-refractivity contribution in [2.45, 2.75) is 50.6 Å². The van der Waals surface area contributed by atoms with E-state index < -0.39 is 0 Å². The smallest absolute Gasteiger partial charge is 0.237 e. The Bertz CT molecular complexity index is 921. The lowest BCUT2D eigenvalue weighted by atomic mass is 10.1. The first-order chi connectivity index (χ1) is 13.8. The quantitative estimate of drug-likeness (QED) is 0.447. The van der Waals surface area contributed by atoms with Crippen LogP contribution in [0.3, 0.4) is 0 Å². The Morgan fingerprint density at radius 3 is 2.52 bits per heavy atom. The van der Waals surface area contributed by atoms with Crippen LogP contribution in [0.1, 0.15) is 50.8 Å². The SMILES string of the molecule is CC(C)CCc1noc(CSc2nnc(C(C)N(C)C)n2-c2ccc(Cl)cc2)n1. The summed E-state index contributed by atoms with van der Waals surface area (Å²) in [5, 5.41) is 14.4. The molecule has 0 aliphatic heterocycles. The van der Waals surface area contributed by atoms with Crippen molar-refractivity contribution in [3.8, 4) is 5.69 Å². The summed E-state index contributed by atoms with van der Waals surface area (Å²) in [6.45, 7) is 6.48. The van der Waals surface area contributed by atoms with Gasteiger partial charge in [-0.05, 0) is 57.6 Å². The summed E-state index contributed by atoms with van der Waals surface area (Å²) < 4.78 is 7.46. The molecule has 29 heavy (non-hydrogen) atoms. The Kier molecular flexibility index (Phi) is 7.32. The maximum absolute atomic E-state index is 6.07. The molecule has 0 aliphatic rings. The number of rotatable bonds is 9. The number of hydrogen-bond donors (Lipinski definition) is 0. The predicted octanol–water partition coefficient (Wildman–Crippen LogP) is 4.81. The Morgan fingerprint density at radius 2 is 1.86 bits per heavy atom. The average molecular weight is 435 g/mol. The second-order valence-corrected chi connectivity index (χ2v) is 9.00. The lowest BCUT2D eigenvalue weighted by Crippen LogP contribution is -2.20. The highest BCUT2D eigenvalue weighted by molar-refractivity contribution is 7.98. The van der Waals surface area contributed by atoms with E-state index in [2.05, 4.69) is 50.6 Å². The van der Waals surface area contributed by atoms with Crippen LogP contribution in [0.25, 0.3) is 5.69 Å². The van der Waals surface area contributed by atoms with Crippen molar-refractivity contribution in [1.82, 2.24) is 29.8 Å². The van der Waals surface area contributed by atoms with Crippen molar-refractivity contribution in [2.75, 3.05) is 14.1 Å². The third kappa shape index (κ3) is 5.58. The molecule has 0 spiro atoms. The lowest BCUT2D eigenvalue weighted by Gasteiger charge is -2.20. The van der Waals surface area contributed by atoms with Gasteiger partial charge in [0.05, 0.1) is 11.8 Å². The Balaban J connectivity index is 1.81. The Morgan fingerprint density at radius 1 is 1.14 bits per heavy atom. The summed E-state index contributed by atoms with van der Waals surface area (Å²) >= 11 is 7.60. The zero-order valence-electron chi connectivity index (χ0n) is 17.5. The van der Waals surface area contributed by atoms with E-state index in [4.69, 9.17) is 16.1 Å². The molecule has 156 valence electrons. The molecule has 1 aromatic carbocycles. The highest BCUT2D eigenvalue weighted by atomic mass is 35.5. The van der Waals surface area contributed by atoms with E-state index in [0.717, 1.165) is 35.3 Å². The molecule has 0 bridgehead atoms. The van der Waals surface area contributed by atoms with Crippen LogP contribution in [-0.2, 0) is 12.2 Å². The molecule has 0 aliphatic carbocycles. The molecule has 3 rings (SSSR count). The monoisotopic (exact) mass is 434 g/mol. The van der Waals surface area contributed by atoms with E-state index in [1.165, 1.54) is 11.8 Å². The van der Waals surface area contributed by atoms with E-state index in [-0.39, 0.29) is 6.04 Å². The van der Waals surface area contributed by atoms with Crippen LogP contribution in [0.4, 0.5) is 0 Å². The van der Waals surface area contributed by atoms with Crippen molar-refractivity contribution in [1.29, 1.82) is 0 Å². The minimum atomic E-state index is 0.0959. The maximum Gasteiger partial charge on any atom is 0.237 e. The van der Waals surface area contributed by atoms with Gasteiger partial charge in [-0.3, -0.25) is 9.47 Å². The van der Waals surface area contributed by atoms with E-state index in [1.54, 1.807) is 0 Å². The zero-order valence-corrected chi connectivity index (χ0v) is 19.0. The molecular formula is C20H27ClN6OS. The van der Waals surface area contributed by atoms with Crippen molar-refractivity contribution < 1.29 is 4.52 Å². The fourth-order valence-corrected chi connectivity index (χ4v) is 3.63. The van der Waals surface area contributed by atoms with Gasteiger partial charge in [-0.2, -0.15) is 4.98 Å². The van der Waals surface area contributed by atoms with Crippen LogP contribution in [-0.4, -0.2) is 43.9 Å². The predicted molar refractivity (Wildman–Crippen MR) is 115 cm³/mol. The zero-order chi connectivity index (χ0) is 21.0. The number of hydrogen-bond acceptors (Lipinski definition) is 7. The van der Waals surface area contributed by atoms with E-state index in [0.29, 0.717) is 22.6 Å². The molecule has 1 unspecified atom stereocenters. The molecule has 0 saturated heterocycles. The summed E-state index contributed by atoms with van der Waals surface area (Å²) in [5.74, 6) is 3.37. The second kappa shape index (κ2) is 9.73. The van der Waals surface area contributed by atoms with Crippen LogP contribution >= 0.6 is 23.4 Å². The summed E-state index contributed by atoms with van der Waals surface area (Å²) in [6.07, 6.45) is 1.88. The van der Waals surface area contributed by atoms with Gasteiger partial charge >= 0.3 is 0 Å². The van der Waals surface area contributed by atoms with Gasteiger partial charge in [-0.1, -0.05) is 42.4 Å².